The molecule has 2 aromatic rings. The number of aromatic nitrogens is 3. The predicted molar refractivity (Wildman–Crippen MR) is 83.1 cm³/mol. The quantitative estimate of drug-likeness (QED) is 0.904. The lowest BCUT2D eigenvalue weighted by molar-refractivity contribution is 0.358. The molecule has 4 heterocycles. The molecule has 2 unspecified atom stereocenters. The molecule has 0 radical (unpaired) electrons. The lowest BCUT2D eigenvalue weighted by atomic mass is 9.96. The molecule has 5 nitrogen and oxygen atoms in total. The molecule has 2 fully saturated rings. The summed E-state index contributed by atoms with van der Waals surface area (Å²) in [5.41, 5.74) is 2.07. The molecule has 21 heavy (non-hydrogen) atoms. The molecular formula is C16H23N5. The number of piperidine rings is 1. The Morgan fingerprint density at radius 3 is 3.00 bits per heavy atom. The topological polar surface area (TPSA) is 54.8 Å². The number of rotatable bonds is 3. The maximum absolute atomic E-state index is 4.88. The van der Waals surface area contributed by atoms with Crippen molar-refractivity contribution < 1.29 is 0 Å². The molecule has 4 rings (SSSR count). The van der Waals surface area contributed by atoms with Crippen LogP contribution in [0.1, 0.15) is 37.7 Å². The highest BCUT2D eigenvalue weighted by Crippen LogP contribution is 2.26. The molecule has 0 bridgehead atoms. The number of fused-ring (bicyclic) bond motifs is 1. The van der Waals surface area contributed by atoms with Crippen molar-refractivity contribution in [1.29, 1.82) is 0 Å². The highest BCUT2D eigenvalue weighted by atomic mass is 15.3. The van der Waals surface area contributed by atoms with Crippen LogP contribution in [0.4, 0.5) is 0 Å². The van der Waals surface area contributed by atoms with E-state index < -0.39 is 0 Å². The maximum Gasteiger partial charge on any atom is 0.161 e. The summed E-state index contributed by atoms with van der Waals surface area (Å²) in [6, 6.07) is 4.06. The van der Waals surface area contributed by atoms with Crippen molar-refractivity contribution in [2.45, 2.75) is 38.3 Å². The van der Waals surface area contributed by atoms with Crippen molar-refractivity contribution in [2.24, 2.45) is 5.92 Å². The summed E-state index contributed by atoms with van der Waals surface area (Å²) in [7, 11) is 0. The Balaban J connectivity index is 1.70. The molecule has 0 saturated carbocycles. The molecule has 112 valence electrons. The van der Waals surface area contributed by atoms with E-state index in [2.05, 4.69) is 26.3 Å². The third-order valence-corrected chi connectivity index (χ3v) is 4.74. The van der Waals surface area contributed by atoms with Crippen molar-refractivity contribution in [3.8, 4) is 0 Å². The monoisotopic (exact) mass is 285 g/mol. The lowest BCUT2D eigenvalue weighted by Gasteiger charge is -2.24. The van der Waals surface area contributed by atoms with Gasteiger partial charge in [-0.1, -0.05) is 0 Å². The SMILES string of the molecule is c1cnc2c(c1)nc(CC1CCCNC1)n2C1CCCN1. The largest absolute Gasteiger partial charge is 0.316 e. The smallest absolute Gasteiger partial charge is 0.161 e. The van der Waals surface area contributed by atoms with Crippen LogP contribution in [0.5, 0.6) is 0 Å². The zero-order valence-corrected chi connectivity index (χ0v) is 12.4. The molecule has 2 aromatic heterocycles. The van der Waals surface area contributed by atoms with Crippen LogP contribution in [0.3, 0.4) is 0 Å². The van der Waals surface area contributed by atoms with Crippen LogP contribution in [0.25, 0.3) is 11.2 Å². The number of pyridine rings is 1. The van der Waals surface area contributed by atoms with Gasteiger partial charge in [-0.25, -0.2) is 9.97 Å². The van der Waals surface area contributed by atoms with Crippen LogP contribution in [0.2, 0.25) is 0 Å². The molecule has 0 spiro atoms. The van der Waals surface area contributed by atoms with E-state index in [1.807, 2.05) is 12.3 Å². The highest BCUT2D eigenvalue weighted by Gasteiger charge is 2.24. The number of hydrogen-bond acceptors (Lipinski definition) is 4. The van der Waals surface area contributed by atoms with Gasteiger partial charge in [-0.2, -0.15) is 0 Å². The normalized spacial score (nSPS) is 26.5. The van der Waals surface area contributed by atoms with E-state index >= 15 is 0 Å². The third kappa shape index (κ3) is 2.56. The van der Waals surface area contributed by atoms with Gasteiger partial charge in [0.1, 0.15) is 11.3 Å². The first-order valence-electron chi connectivity index (χ1n) is 8.18. The summed E-state index contributed by atoms with van der Waals surface area (Å²) in [5, 5.41) is 7.11. The van der Waals surface area contributed by atoms with Gasteiger partial charge in [0.05, 0.1) is 6.17 Å². The van der Waals surface area contributed by atoms with Gasteiger partial charge in [-0.15, -0.1) is 0 Å². The minimum Gasteiger partial charge on any atom is -0.316 e. The lowest BCUT2D eigenvalue weighted by Crippen LogP contribution is -2.32. The molecule has 0 amide bonds. The number of imidazole rings is 1. The molecule has 0 aliphatic carbocycles. The van der Waals surface area contributed by atoms with Gasteiger partial charge in [0.25, 0.3) is 0 Å². The predicted octanol–water partition coefficient (Wildman–Crippen LogP) is 1.86. The second kappa shape index (κ2) is 5.73. The average Bonchev–Trinajstić information content (AvgIpc) is 3.14. The Morgan fingerprint density at radius 2 is 2.19 bits per heavy atom. The summed E-state index contributed by atoms with van der Waals surface area (Å²) in [4.78, 5) is 9.47. The highest BCUT2D eigenvalue weighted by molar-refractivity contribution is 5.71. The number of nitrogens with one attached hydrogen (secondary N) is 2. The van der Waals surface area contributed by atoms with Crippen LogP contribution in [-0.2, 0) is 6.42 Å². The summed E-state index contributed by atoms with van der Waals surface area (Å²) < 4.78 is 2.36. The molecule has 2 N–H and O–H groups in total. The Hall–Kier alpha value is -1.46. The molecule has 2 atom stereocenters. The number of nitrogens with zero attached hydrogens (tertiary/aromatic N) is 3. The Morgan fingerprint density at radius 1 is 1.24 bits per heavy atom. The molecule has 5 heteroatoms. The van der Waals surface area contributed by atoms with Gasteiger partial charge in [0.2, 0.25) is 0 Å². The van der Waals surface area contributed by atoms with E-state index in [-0.39, 0.29) is 0 Å². The Labute approximate surface area is 125 Å². The van der Waals surface area contributed by atoms with E-state index in [1.54, 1.807) is 0 Å². The van der Waals surface area contributed by atoms with Gasteiger partial charge in [0, 0.05) is 12.6 Å². The fourth-order valence-corrected chi connectivity index (χ4v) is 3.69. The average molecular weight is 285 g/mol. The van der Waals surface area contributed by atoms with E-state index in [0.717, 1.165) is 30.7 Å². The first-order chi connectivity index (χ1) is 10.4. The van der Waals surface area contributed by atoms with E-state index in [4.69, 9.17) is 4.98 Å². The first kappa shape index (κ1) is 13.2. The van der Waals surface area contributed by atoms with Crippen LogP contribution in [0, 0.1) is 5.92 Å². The van der Waals surface area contributed by atoms with Gasteiger partial charge in [0.15, 0.2) is 5.65 Å². The van der Waals surface area contributed by atoms with E-state index in [9.17, 15) is 0 Å². The van der Waals surface area contributed by atoms with Gasteiger partial charge in [-0.3, -0.25) is 9.88 Å². The first-order valence-corrected chi connectivity index (χ1v) is 8.18. The summed E-state index contributed by atoms with van der Waals surface area (Å²) >= 11 is 0. The van der Waals surface area contributed by atoms with Crippen molar-refractivity contribution in [3.63, 3.8) is 0 Å². The molecule has 2 aliphatic rings. The second-order valence-corrected chi connectivity index (χ2v) is 6.27. The zero-order chi connectivity index (χ0) is 14.1. The van der Waals surface area contributed by atoms with Crippen molar-refractivity contribution in [1.82, 2.24) is 25.2 Å². The third-order valence-electron chi connectivity index (χ3n) is 4.74. The molecular weight excluding hydrogens is 262 g/mol. The van der Waals surface area contributed by atoms with Gasteiger partial charge in [-0.05, 0) is 63.4 Å². The summed E-state index contributed by atoms with van der Waals surface area (Å²) in [6.07, 6.45) is 8.31. The Kier molecular flexibility index (Phi) is 3.61. The summed E-state index contributed by atoms with van der Waals surface area (Å²) in [6.45, 7) is 3.38. The molecule has 0 aromatic carbocycles. The fraction of sp³-hybridized carbons (Fsp3) is 0.625. The van der Waals surface area contributed by atoms with Crippen LogP contribution >= 0.6 is 0 Å². The second-order valence-electron chi connectivity index (χ2n) is 6.27. The van der Waals surface area contributed by atoms with Crippen molar-refractivity contribution in [2.75, 3.05) is 19.6 Å². The van der Waals surface area contributed by atoms with E-state index in [1.165, 1.54) is 38.1 Å². The zero-order valence-electron chi connectivity index (χ0n) is 12.4. The Bertz CT molecular complexity index is 608. The maximum atomic E-state index is 4.88. The summed E-state index contributed by atoms with van der Waals surface area (Å²) in [5.74, 6) is 1.91. The van der Waals surface area contributed by atoms with Crippen LogP contribution < -0.4 is 10.6 Å². The minimum atomic E-state index is 0.372. The van der Waals surface area contributed by atoms with Gasteiger partial charge >= 0.3 is 0 Å². The fourth-order valence-electron chi connectivity index (χ4n) is 3.69. The van der Waals surface area contributed by atoms with Crippen molar-refractivity contribution >= 4 is 11.2 Å². The van der Waals surface area contributed by atoms with Gasteiger partial charge < -0.3 is 5.32 Å². The molecule has 2 aliphatic heterocycles. The van der Waals surface area contributed by atoms with Crippen molar-refractivity contribution in [3.05, 3.63) is 24.2 Å². The van der Waals surface area contributed by atoms with Crippen LogP contribution in [0.15, 0.2) is 18.3 Å². The number of hydrogen-bond donors (Lipinski definition) is 2. The molecule has 2 saturated heterocycles. The minimum absolute atomic E-state index is 0.372. The standard InChI is InChI=1S/C16H23N5/c1-4-12(11-17-7-1)10-15-20-13-5-2-9-19-16(13)21(15)14-6-3-8-18-14/h2,5,9,12,14,17-18H,1,3-4,6-8,10-11H2. The van der Waals surface area contributed by atoms with E-state index in [0.29, 0.717) is 12.1 Å². The van der Waals surface area contributed by atoms with Crippen LogP contribution in [-0.4, -0.2) is 34.2 Å².